The average Bonchev–Trinajstić information content (AvgIpc) is 2.73. The first-order valence-electron chi connectivity index (χ1n) is 7.30. The lowest BCUT2D eigenvalue weighted by atomic mass is 9.96. The van der Waals surface area contributed by atoms with E-state index in [0.29, 0.717) is 16.8 Å². The minimum Gasteiger partial charge on any atom is -0.481 e. The van der Waals surface area contributed by atoms with Crippen LogP contribution in [-0.4, -0.2) is 17.0 Å². The molecule has 4 nitrogen and oxygen atoms in total. The molecular formula is C18H16FNO3. The average molecular weight is 313 g/mol. The molecule has 5 heteroatoms. The second kappa shape index (κ2) is 5.50. The lowest BCUT2D eigenvalue weighted by Crippen LogP contribution is -2.29. The molecule has 23 heavy (non-hydrogen) atoms. The summed E-state index contributed by atoms with van der Waals surface area (Å²) in [5.41, 5.74) is 3.71. The fourth-order valence-corrected chi connectivity index (χ4v) is 2.98. The first-order chi connectivity index (χ1) is 10.9. The number of rotatable bonds is 3. The molecule has 2 aromatic rings. The minimum atomic E-state index is -0.985. The van der Waals surface area contributed by atoms with Crippen molar-refractivity contribution in [3.05, 3.63) is 64.5 Å². The first kappa shape index (κ1) is 15.2. The predicted octanol–water partition coefficient (Wildman–Crippen LogP) is 3.62. The molecule has 0 fully saturated rings. The van der Waals surface area contributed by atoms with Gasteiger partial charge in [0.2, 0.25) is 0 Å². The van der Waals surface area contributed by atoms with Crippen LogP contribution in [0.5, 0.6) is 0 Å². The van der Waals surface area contributed by atoms with Crippen molar-refractivity contribution in [3.8, 4) is 0 Å². The van der Waals surface area contributed by atoms with Gasteiger partial charge in [0, 0.05) is 11.3 Å². The predicted molar refractivity (Wildman–Crippen MR) is 84.1 cm³/mol. The maximum Gasteiger partial charge on any atom is 0.305 e. The second-order valence-electron chi connectivity index (χ2n) is 5.79. The Morgan fingerprint density at radius 3 is 2.39 bits per heavy atom. The Hall–Kier alpha value is -2.69. The smallest absolute Gasteiger partial charge is 0.305 e. The summed E-state index contributed by atoms with van der Waals surface area (Å²) in [4.78, 5) is 25.5. The van der Waals surface area contributed by atoms with Crippen LogP contribution in [-0.2, 0) is 4.79 Å². The Morgan fingerprint density at radius 2 is 1.78 bits per heavy atom. The van der Waals surface area contributed by atoms with Crippen molar-refractivity contribution in [1.29, 1.82) is 0 Å². The van der Waals surface area contributed by atoms with E-state index in [0.717, 1.165) is 11.1 Å². The Labute approximate surface area is 133 Å². The number of amides is 1. The van der Waals surface area contributed by atoms with E-state index in [9.17, 15) is 19.1 Å². The van der Waals surface area contributed by atoms with E-state index in [-0.39, 0.29) is 12.3 Å². The number of halogens is 1. The second-order valence-corrected chi connectivity index (χ2v) is 5.79. The van der Waals surface area contributed by atoms with Crippen molar-refractivity contribution in [2.75, 3.05) is 4.90 Å². The summed E-state index contributed by atoms with van der Waals surface area (Å²) in [6, 6.07) is 8.60. The highest BCUT2D eigenvalue weighted by Crippen LogP contribution is 2.40. The van der Waals surface area contributed by atoms with Gasteiger partial charge in [0.1, 0.15) is 5.82 Å². The van der Waals surface area contributed by atoms with E-state index in [2.05, 4.69) is 0 Å². The van der Waals surface area contributed by atoms with Crippen molar-refractivity contribution in [2.45, 2.75) is 26.3 Å². The third-order valence-electron chi connectivity index (χ3n) is 4.26. The van der Waals surface area contributed by atoms with Crippen molar-refractivity contribution in [1.82, 2.24) is 0 Å². The van der Waals surface area contributed by atoms with Crippen LogP contribution in [0.4, 0.5) is 10.1 Å². The number of anilines is 1. The monoisotopic (exact) mass is 313 g/mol. The SMILES string of the molecule is Cc1cc2c(cc1C)C(CC(=O)O)N(c1ccc(F)cc1)C2=O. The molecule has 2 aromatic carbocycles. The molecular weight excluding hydrogens is 297 g/mol. The van der Waals surface area contributed by atoms with E-state index in [4.69, 9.17) is 0 Å². The number of carbonyl (C=O) groups excluding carboxylic acids is 1. The zero-order chi connectivity index (χ0) is 16.7. The molecule has 0 spiro atoms. The van der Waals surface area contributed by atoms with Crippen LogP contribution in [0.1, 0.15) is 39.5 Å². The number of hydrogen-bond donors (Lipinski definition) is 1. The molecule has 0 saturated heterocycles. The summed E-state index contributed by atoms with van der Waals surface area (Å²) in [6.07, 6.45) is -0.196. The van der Waals surface area contributed by atoms with E-state index in [1.807, 2.05) is 19.9 Å². The fourth-order valence-electron chi connectivity index (χ4n) is 2.98. The van der Waals surface area contributed by atoms with Gasteiger partial charge in [0.25, 0.3) is 5.91 Å². The molecule has 1 heterocycles. The minimum absolute atomic E-state index is 0.196. The third kappa shape index (κ3) is 2.59. The number of carboxylic acids is 1. The molecule has 0 aliphatic carbocycles. The zero-order valence-corrected chi connectivity index (χ0v) is 12.8. The summed E-state index contributed by atoms with van der Waals surface area (Å²) in [6.45, 7) is 3.84. The van der Waals surface area contributed by atoms with Crippen LogP contribution in [0.2, 0.25) is 0 Å². The maximum absolute atomic E-state index is 13.1. The molecule has 0 saturated carbocycles. The number of hydrogen-bond acceptors (Lipinski definition) is 2. The Bertz CT molecular complexity index is 799. The van der Waals surface area contributed by atoms with E-state index < -0.39 is 17.8 Å². The van der Waals surface area contributed by atoms with Gasteiger partial charge in [-0.2, -0.15) is 0 Å². The Kier molecular flexibility index (Phi) is 3.64. The van der Waals surface area contributed by atoms with Crippen molar-refractivity contribution < 1.29 is 19.1 Å². The van der Waals surface area contributed by atoms with Crippen LogP contribution < -0.4 is 4.90 Å². The fraction of sp³-hybridized carbons (Fsp3) is 0.222. The van der Waals surface area contributed by atoms with Gasteiger partial charge in [0.15, 0.2) is 0 Å². The number of carboxylic acid groups (broad SMARTS) is 1. The molecule has 1 amide bonds. The lowest BCUT2D eigenvalue weighted by Gasteiger charge is -2.24. The highest BCUT2D eigenvalue weighted by molar-refractivity contribution is 6.11. The molecule has 1 aliphatic rings. The van der Waals surface area contributed by atoms with Crippen LogP contribution in [0.3, 0.4) is 0 Å². The lowest BCUT2D eigenvalue weighted by molar-refractivity contribution is -0.137. The van der Waals surface area contributed by atoms with Crippen molar-refractivity contribution >= 4 is 17.6 Å². The van der Waals surface area contributed by atoms with E-state index in [1.54, 1.807) is 6.07 Å². The molecule has 118 valence electrons. The van der Waals surface area contributed by atoms with Gasteiger partial charge in [-0.3, -0.25) is 9.59 Å². The first-order valence-corrected chi connectivity index (χ1v) is 7.30. The maximum atomic E-state index is 13.1. The quantitative estimate of drug-likeness (QED) is 0.941. The van der Waals surface area contributed by atoms with E-state index >= 15 is 0 Å². The van der Waals surface area contributed by atoms with Crippen molar-refractivity contribution in [3.63, 3.8) is 0 Å². The molecule has 0 bridgehead atoms. The molecule has 1 unspecified atom stereocenters. The van der Waals surface area contributed by atoms with Crippen LogP contribution in [0.25, 0.3) is 0 Å². The van der Waals surface area contributed by atoms with Gasteiger partial charge in [-0.15, -0.1) is 0 Å². The number of nitrogens with zero attached hydrogens (tertiary/aromatic N) is 1. The summed E-state index contributed by atoms with van der Waals surface area (Å²) in [5.74, 6) is -1.64. The van der Waals surface area contributed by atoms with Crippen LogP contribution in [0.15, 0.2) is 36.4 Å². The van der Waals surface area contributed by atoms with Gasteiger partial charge in [-0.1, -0.05) is 6.07 Å². The van der Waals surface area contributed by atoms with Gasteiger partial charge >= 0.3 is 5.97 Å². The highest BCUT2D eigenvalue weighted by Gasteiger charge is 2.39. The van der Waals surface area contributed by atoms with Gasteiger partial charge < -0.3 is 10.0 Å². The number of aryl methyl sites for hydroxylation is 2. The molecule has 1 atom stereocenters. The molecule has 1 N–H and O–H groups in total. The summed E-state index contributed by atoms with van der Waals surface area (Å²) >= 11 is 0. The standard InChI is InChI=1S/C18H16FNO3/c1-10-7-14-15(8-11(10)2)18(23)20(16(14)9-17(21)22)13-5-3-12(19)4-6-13/h3-8,16H,9H2,1-2H3,(H,21,22). The van der Waals surface area contributed by atoms with Gasteiger partial charge in [0.05, 0.1) is 12.5 Å². The molecule has 0 aromatic heterocycles. The van der Waals surface area contributed by atoms with Gasteiger partial charge in [-0.25, -0.2) is 4.39 Å². The Balaban J connectivity index is 2.13. The third-order valence-corrected chi connectivity index (χ3v) is 4.26. The van der Waals surface area contributed by atoms with Crippen LogP contribution in [0, 0.1) is 19.7 Å². The normalized spacial score (nSPS) is 16.6. The zero-order valence-electron chi connectivity index (χ0n) is 12.8. The summed E-state index contributed by atoms with van der Waals surface area (Å²) in [7, 11) is 0. The number of fused-ring (bicyclic) bond motifs is 1. The van der Waals surface area contributed by atoms with Crippen LogP contribution >= 0.6 is 0 Å². The molecule has 0 radical (unpaired) electrons. The number of benzene rings is 2. The Morgan fingerprint density at radius 1 is 1.17 bits per heavy atom. The topological polar surface area (TPSA) is 57.6 Å². The molecule has 3 rings (SSSR count). The molecule has 1 aliphatic heterocycles. The summed E-state index contributed by atoms with van der Waals surface area (Å²) in [5, 5.41) is 9.22. The van der Waals surface area contributed by atoms with E-state index in [1.165, 1.54) is 29.2 Å². The number of carbonyl (C=O) groups is 2. The van der Waals surface area contributed by atoms with Crippen molar-refractivity contribution in [2.24, 2.45) is 0 Å². The largest absolute Gasteiger partial charge is 0.481 e. The highest BCUT2D eigenvalue weighted by atomic mass is 19.1. The summed E-state index contributed by atoms with van der Waals surface area (Å²) < 4.78 is 13.1. The number of aliphatic carboxylic acids is 1. The van der Waals surface area contributed by atoms with Gasteiger partial charge in [-0.05, 0) is 60.9 Å².